The molecule has 1 heterocycles. The van der Waals surface area contributed by atoms with Gasteiger partial charge in [-0.05, 0) is 19.3 Å². The fraction of sp³-hybridized carbons (Fsp3) is 0.875. The van der Waals surface area contributed by atoms with Gasteiger partial charge in [0.05, 0.1) is 6.61 Å². The molecule has 0 aliphatic heterocycles. The van der Waals surface area contributed by atoms with Gasteiger partial charge in [0.25, 0.3) is 0 Å². The van der Waals surface area contributed by atoms with Crippen molar-refractivity contribution in [3.63, 3.8) is 0 Å². The normalized spacial score (nSPS) is 10.8. The lowest BCUT2D eigenvalue weighted by molar-refractivity contribution is -0.143. The number of rotatable bonds is 14. The smallest absolute Gasteiger partial charge is 0.305 e. The van der Waals surface area contributed by atoms with E-state index in [-0.39, 0.29) is 5.97 Å². The summed E-state index contributed by atoms with van der Waals surface area (Å²) in [5.74, 6) is 0.614. The summed E-state index contributed by atoms with van der Waals surface area (Å²) in [4.78, 5) is 11.5. The van der Waals surface area contributed by atoms with Crippen LogP contribution in [-0.4, -0.2) is 33.2 Å². The molecule has 22 heavy (non-hydrogen) atoms. The van der Waals surface area contributed by atoms with Crippen LogP contribution in [0.5, 0.6) is 0 Å². The molecular weight excluding hydrogens is 280 g/mol. The zero-order valence-corrected chi connectivity index (χ0v) is 13.9. The monoisotopic (exact) mass is 310 g/mol. The van der Waals surface area contributed by atoms with Gasteiger partial charge in [-0.2, -0.15) is 5.21 Å². The van der Waals surface area contributed by atoms with Crippen molar-refractivity contribution in [1.82, 2.24) is 20.6 Å². The highest BCUT2D eigenvalue weighted by Crippen LogP contribution is 2.09. The van der Waals surface area contributed by atoms with E-state index in [0.29, 0.717) is 18.9 Å². The van der Waals surface area contributed by atoms with Crippen LogP contribution >= 0.6 is 0 Å². The van der Waals surface area contributed by atoms with Gasteiger partial charge in [-0.3, -0.25) is 4.79 Å². The van der Waals surface area contributed by atoms with Crippen molar-refractivity contribution in [3.8, 4) is 0 Å². The molecule has 1 aromatic rings. The Labute approximate surface area is 133 Å². The topological polar surface area (TPSA) is 80.8 Å². The number of ether oxygens (including phenoxy) is 1. The molecule has 0 atom stereocenters. The first-order chi connectivity index (χ1) is 10.8. The summed E-state index contributed by atoms with van der Waals surface area (Å²) >= 11 is 0. The summed E-state index contributed by atoms with van der Waals surface area (Å²) in [6.07, 6.45) is 13.0. The molecule has 1 N–H and O–H groups in total. The number of carbonyl (C=O) groups excluding carboxylic acids is 1. The minimum atomic E-state index is -0.0870. The molecule has 0 aliphatic rings. The second-order valence-electron chi connectivity index (χ2n) is 5.73. The first kappa shape index (κ1) is 18.6. The standard InChI is InChI=1S/C16H30N4O2/c1-2-3-4-5-6-7-8-11-14-22-16(21)13-10-9-12-15-17-19-20-18-15/h2-14H2,1H3,(H,17,18,19,20). The molecule has 0 aliphatic carbocycles. The van der Waals surface area contributed by atoms with Crippen LogP contribution in [0.1, 0.15) is 83.4 Å². The molecule has 0 spiro atoms. The van der Waals surface area contributed by atoms with Crippen LogP contribution in [-0.2, 0) is 16.0 Å². The molecule has 6 nitrogen and oxygen atoms in total. The molecule has 0 fully saturated rings. The van der Waals surface area contributed by atoms with Gasteiger partial charge >= 0.3 is 5.97 Å². The number of tetrazole rings is 1. The Balaban J connectivity index is 1.81. The summed E-state index contributed by atoms with van der Waals surface area (Å²) in [7, 11) is 0. The van der Waals surface area contributed by atoms with E-state index in [1.807, 2.05) is 0 Å². The fourth-order valence-electron chi connectivity index (χ4n) is 2.33. The number of unbranched alkanes of at least 4 members (excludes halogenated alkanes) is 8. The quantitative estimate of drug-likeness (QED) is 0.419. The molecule has 6 heteroatoms. The Morgan fingerprint density at radius 1 is 1.00 bits per heavy atom. The summed E-state index contributed by atoms with van der Waals surface area (Å²) in [6.45, 7) is 2.80. The zero-order valence-electron chi connectivity index (χ0n) is 13.9. The van der Waals surface area contributed by atoms with Crippen LogP contribution < -0.4 is 0 Å². The Kier molecular flexibility index (Phi) is 11.2. The van der Waals surface area contributed by atoms with Gasteiger partial charge < -0.3 is 4.74 Å². The highest BCUT2D eigenvalue weighted by atomic mass is 16.5. The molecule has 1 rings (SSSR count). The van der Waals surface area contributed by atoms with Crippen LogP contribution in [0, 0.1) is 0 Å². The van der Waals surface area contributed by atoms with Crippen molar-refractivity contribution >= 4 is 5.97 Å². The molecule has 126 valence electrons. The minimum Gasteiger partial charge on any atom is -0.466 e. The van der Waals surface area contributed by atoms with Crippen LogP contribution in [0.2, 0.25) is 0 Å². The van der Waals surface area contributed by atoms with Crippen molar-refractivity contribution in [2.45, 2.75) is 84.0 Å². The second-order valence-corrected chi connectivity index (χ2v) is 5.73. The molecule has 0 aromatic carbocycles. The van der Waals surface area contributed by atoms with Gasteiger partial charge in [0.1, 0.15) is 0 Å². The van der Waals surface area contributed by atoms with Crippen molar-refractivity contribution in [2.75, 3.05) is 6.61 Å². The highest BCUT2D eigenvalue weighted by molar-refractivity contribution is 5.69. The predicted molar refractivity (Wildman–Crippen MR) is 85.3 cm³/mol. The number of aromatic nitrogens is 4. The number of hydrogen-bond donors (Lipinski definition) is 1. The van der Waals surface area contributed by atoms with E-state index in [0.717, 1.165) is 32.1 Å². The first-order valence-electron chi connectivity index (χ1n) is 8.71. The van der Waals surface area contributed by atoms with Gasteiger partial charge in [-0.25, -0.2) is 0 Å². The molecule has 0 radical (unpaired) electrons. The molecule has 0 saturated carbocycles. The van der Waals surface area contributed by atoms with E-state index >= 15 is 0 Å². The lowest BCUT2D eigenvalue weighted by Gasteiger charge is -2.05. The van der Waals surface area contributed by atoms with Crippen LogP contribution in [0.25, 0.3) is 0 Å². The maximum absolute atomic E-state index is 11.5. The molecular formula is C16H30N4O2. The van der Waals surface area contributed by atoms with E-state index in [4.69, 9.17) is 4.74 Å². The van der Waals surface area contributed by atoms with Crippen LogP contribution in [0.15, 0.2) is 0 Å². The number of carbonyl (C=O) groups is 1. The van der Waals surface area contributed by atoms with Gasteiger partial charge in [0, 0.05) is 12.8 Å². The summed E-state index contributed by atoms with van der Waals surface area (Å²) < 4.78 is 5.24. The van der Waals surface area contributed by atoms with E-state index < -0.39 is 0 Å². The second kappa shape index (κ2) is 13.2. The Morgan fingerprint density at radius 2 is 1.73 bits per heavy atom. The Bertz CT molecular complexity index is 368. The third-order valence-electron chi connectivity index (χ3n) is 3.68. The maximum Gasteiger partial charge on any atom is 0.305 e. The van der Waals surface area contributed by atoms with Crippen LogP contribution in [0.4, 0.5) is 0 Å². The predicted octanol–water partition coefficient (Wildman–Crippen LogP) is 3.60. The highest BCUT2D eigenvalue weighted by Gasteiger charge is 2.04. The van der Waals surface area contributed by atoms with Crippen molar-refractivity contribution in [2.24, 2.45) is 0 Å². The van der Waals surface area contributed by atoms with Crippen molar-refractivity contribution < 1.29 is 9.53 Å². The Morgan fingerprint density at radius 3 is 2.41 bits per heavy atom. The summed E-state index contributed by atoms with van der Waals surface area (Å²) in [5.41, 5.74) is 0. The summed E-state index contributed by atoms with van der Waals surface area (Å²) in [5, 5.41) is 13.7. The van der Waals surface area contributed by atoms with Gasteiger partial charge in [-0.15, -0.1) is 10.2 Å². The van der Waals surface area contributed by atoms with E-state index in [1.165, 1.54) is 38.5 Å². The molecule has 0 unspecified atom stereocenters. The van der Waals surface area contributed by atoms with Gasteiger partial charge in [-0.1, -0.05) is 57.1 Å². The molecule has 0 saturated heterocycles. The average Bonchev–Trinajstić information content (AvgIpc) is 3.03. The molecule has 0 bridgehead atoms. The number of esters is 1. The number of nitrogens with zero attached hydrogens (tertiary/aromatic N) is 3. The largest absolute Gasteiger partial charge is 0.466 e. The zero-order chi connectivity index (χ0) is 15.9. The molecule has 0 amide bonds. The lowest BCUT2D eigenvalue weighted by atomic mass is 10.1. The van der Waals surface area contributed by atoms with Crippen molar-refractivity contribution in [1.29, 1.82) is 0 Å². The number of aromatic amines is 1. The Hall–Kier alpha value is -1.46. The average molecular weight is 310 g/mol. The van der Waals surface area contributed by atoms with Gasteiger partial charge in [0.2, 0.25) is 0 Å². The third kappa shape index (κ3) is 10.3. The summed E-state index contributed by atoms with van der Waals surface area (Å²) in [6, 6.07) is 0. The van der Waals surface area contributed by atoms with Crippen LogP contribution in [0.3, 0.4) is 0 Å². The van der Waals surface area contributed by atoms with E-state index in [2.05, 4.69) is 27.5 Å². The number of hydrogen-bond acceptors (Lipinski definition) is 5. The van der Waals surface area contributed by atoms with E-state index in [1.54, 1.807) is 0 Å². The lowest BCUT2D eigenvalue weighted by Crippen LogP contribution is -2.06. The van der Waals surface area contributed by atoms with Gasteiger partial charge in [0.15, 0.2) is 5.82 Å². The first-order valence-corrected chi connectivity index (χ1v) is 8.71. The number of nitrogens with one attached hydrogen (secondary N) is 1. The van der Waals surface area contributed by atoms with E-state index in [9.17, 15) is 4.79 Å². The SMILES string of the molecule is CCCCCCCCCCOC(=O)CCCCc1nn[nH]n1. The maximum atomic E-state index is 11.5. The third-order valence-corrected chi connectivity index (χ3v) is 3.68. The fourth-order valence-corrected chi connectivity index (χ4v) is 2.33. The minimum absolute atomic E-state index is 0.0870. The number of aryl methyl sites for hydroxylation is 1. The molecule has 1 aromatic heterocycles. The number of H-pyrrole nitrogens is 1. The van der Waals surface area contributed by atoms with Crippen molar-refractivity contribution in [3.05, 3.63) is 5.82 Å².